The third-order valence-corrected chi connectivity index (χ3v) is 3.71. The number of anilines is 3. The lowest BCUT2D eigenvalue weighted by atomic mass is 10.1. The number of alkyl halides is 6. The highest BCUT2D eigenvalue weighted by molar-refractivity contribution is 5.65. The Morgan fingerprint density at radius 2 is 1.72 bits per heavy atom. The first-order valence-corrected chi connectivity index (χ1v) is 8.34. The number of rotatable bonds is 7. The van der Waals surface area contributed by atoms with Crippen LogP contribution >= 0.6 is 0 Å². The van der Waals surface area contributed by atoms with Gasteiger partial charge in [0.25, 0.3) is 0 Å². The van der Waals surface area contributed by atoms with Crippen molar-refractivity contribution in [3.63, 3.8) is 0 Å². The van der Waals surface area contributed by atoms with E-state index in [2.05, 4.69) is 25.3 Å². The number of hydrogen-bond acceptors (Lipinski definition) is 6. The molecule has 1 heterocycles. The smallest absolute Gasteiger partial charge is 0.404 e. The number of nitrogens with zero attached hydrogens (tertiary/aromatic N) is 2. The van der Waals surface area contributed by atoms with E-state index in [0.717, 1.165) is 6.07 Å². The summed E-state index contributed by atoms with van der Waals surface area (Å²) in [5, 5.41) is 14.3. The van der Waals surface area contributed by atoms with E-state index in [1.54, 1.807) is 13.8 Å². The largest absolute Gasteiger partial charge is 0.573 e. The first kappa shape index (κ1) is 22.5. The molecule has 0 spiro atoms. The van der Waals surface area contributed by atoms with Crippen molar-refractivity contribution in [3.05, 3.63) is 36.0 Å². The summed E-state index contributed by atoms with van der Waals surface area (Å²) in [6.07, 6.45) is -9.82. The van der Waals surface area contributed by atoms with Crippen LogP contribution in [0.5, 0.6) is 5.75 Å². The monoisotopic (exact) mass is 424 g/mol. The molecule has 160 valence electrons. The predicted molar refractivity (Wildman–Crippen MR) is 92.8 cm³/mol. The topological polar surface area (TPSA) is 79.3 Å². The van der Waals surface area contributed by atoms with Gasteiger partial charge in [-0.05, 0) is 18.1 Å². The third-order valence-electron chi connectivity index (χ3n) is 3.71. The zero-order chi connectivity index (χ0) is 21.8. The summed E-state index contributed by atoms with van der Waals surface area (Å²) in [6, 6.07) is 4.76. The molecule has 0 aliphatic rings. The van der Waals surface area contributed by atoms with Crippen molar-refractivity contribution in [3.8, 4) is 5.75 Å². The SMILES string of the molecule is CC(C)[C@@H](CO)Nc1nc(Nc2ccccc2OC(F)(F)F)cc(C(F)(F)F)n1. The Kier molecular flexibility index (Phi) is 6.77. The summed E-state index contributed by atoms with van der Waals surface area (Å²) in [5.74, 6) is -1.65. The van der Waals surface area contributed by atoms with Crippen LogP contribution in [0.15, 0.2) is 30.3 Å². The van der Waals surface area contributed by atoms with Crippen LogP contribution in [0.25, 0.3) is 0 Å². The molecule has 0 amide bonds. The summed E-state index contributed by atoms with van der Waals surface area (Å²) in [5.41, 5.74) is -1.56. The van der Waals surface area contributed by atoms with Crippen LogP contribution in [0, 0.1) is 5.92 Å². The molecule has 0 saturated carbocycles. The van der Waals surface area contributed by atoms with Gasteiger partial charge >= 0.3 is 12.5 Å². The number of para-hydroxylation sites is 2. The van der Waals surface area contributed by atoms with Gasteiger partial charge in [-0.15, -0.1) is 13.2 Å². The van der Waals surface area contributed by atoms with Crippen molar-refractivity contribution >= 4 is 17.5 Å². The molecule has 3 N–H and O–H groups in total. The number of aliphatic hydroxyl groups excluding tert-OH is 1. The first-order valence-electron chi connectivity index (χ1n) is 8.34. The van der Waals surface area contributed by atoms with Crippen LogP contribution in [-0.4, -0.2) is 34.1 Å². The zero-order valence-corrected chi connectivity index (χ0v) is 15.3. The second-order valence-electron chi connectivity index (χ2n) is 6.31. The standard InChI is InChI=1S/C17H18F6N4O2/c1-9(2)11(8-28)25-15-26-13(16(18,19)20)7-14(27-15)24-10-5-3-4-6-12(10)29-17(21,22)23/h3-7,9,11,28H,8H2,1-2H3,(H2,24,25,26,27)/t11-/m1/s1. The molecule has 0 saturated heterocycles. The van der Waals surface area contributed by atoms with Gasteiger partial charge in [-0.2, -0.15) is 18.2 Å². The molecule has 2 rings (SSSR count). The van der Waals surface area contributed by atoms with Crippen molar-refractivity contribution in [1.29, 1.82) is 0 Å². The van der Waals surface area contributed by atoms with Crippen molar-refractivity contribution in [2.24, 2.45) is 5.92 Å². The maximum Gasteiger partial charge on any atom is 0.573 e. The fourth-order valence-electron chi connectivity index (χ4n) is 2.23. The van der Waals surface area contributed by atoms with Crippen molar-refractivity contribution in [2.75, 3.05) is 17.2 Å². The van der Waals surface area contributed by atoms with E-state index in [1.807, 2.05) is 0 Å². The average molecular weight is 424 g/mol. The van der Waals surface area contributed by atoms with Crippen LogP contribution in [0.3, 0.4) is 0 Å². The molecule has 12 heteroatoms. The first-order chi connectivity index (χ1) is 13.4. The lowest BCUT2D eigenvalue weighted by molar-refractivity contribution is -0.274. The summed E-state index contributed by atoms with van der Waals surface area (Å²) < 4.78 is 81.1. The Labute approximate surface area is 161 Å². The minimum Gasteiger partial charge on any atom is -0.404 e. The number of aliphatic hydroxyl groups is 1. The Bertz CT molecular complexity index is 826. The van der Waals surface area contributed by atoms with Crippen LogP contribution in [0.4, 0.5) is 43.8 Å². The lowest BCUT2D eigenvalue weighted by Gasteiger charge is -2.21. The van der Waals surface area contributed by atoms with Crippen LogP contribution < -0.4 is 15.4 Å². The minimum atomic E-state index is -4.99. The summed E-state index contributed by atoms with van der Waals surface area (Å²) in [4.78, 5) is 7.26. The van der Waals surface area contributed by atoms with E-state index in [9.17, 15) is 31.4 Å². The van der Waals surface area contributed by atoms with Gasteiger partial charge < -0.3 is 20.5 Å². The Morgan fingerprint density at radius 3 is 2.28 bits per heavy atom. The average Bonchev–Trinajstić information content (AvgIpc) is 2.59. The van der Waals surface area contributed by atoms with Gasteiger partial charge in [0.1, 0.15) is 5.82 Å². The molecule has 0 aliphatic carbocycles. The zero-order valence-electron chi connectivity index (χ0n) is 15.3. The molecule has 0 bridgehead atoms. The quantitative estimate of drug-likeness (QED) is 0.566. The van der Waals surface area contributed by atoms with Crippen molar-refractivity contribution in [2.45, 2.75) is 32.4 Å². The van der Waals surface area contributed by atoms with Gasteiger partial charge in [-0.25, -0.2) is 4.98 Å². The number of hydrogen-bond donors (Lipinski definition) is 3. The van der Waals surface area contributed by atoms with Crippen molar-refractivity contribution in [1.82, 2.24) is 9.97 Å². The Hall–Kier alpha value is -2.76. The maximum absolute atomic E-state index is 13.2. The van der Waals surface area contributed by atoms with E-state index in [4.69, 9.17) is 0 Å². The molecule has 0 fully saturated rings. The van der Waals surface area contributed by atoms with E-state index < -0.39 is 41.8 Å². The fraction of sp³-hybridized carbons (Fsp3) is 0.412. The predicted octanol–water partition coefficient (Wildman–Crippen LogP) is 4.57. The van der Waals surface area contributed by atoms with Gasteiger partial charge in [0.05, 0.1) is 18.3 Å². The molecule has 1 aromatic carbocycles. The molecule has 1 aromatic heterocycles. The highest BCUT2D eigenvalue weighted by Gasteiger charge is 2.35. The number of ether oxygens (including phenoxy) is 1. The van der Waals surface area contributed by atoms with Gasteiger partial charge in [-0.3, -0.25) is 0 Å². The molecule has 1 atom stereocenters. The third kappa shape index (κ3) is 6.66. The van der Waals surface area contributed by atoms with Crippen molar-refractivity contribution < 1.29 is 36.2 Å². The number of benzene rings is 1. The second kappa shape index (κ2) is 8.72. The molecule has 0 radical (unpaired) electrons. The van der Waals surface area contributed by atoms with Gasteiger partial charge in [0, 0.05) is 6.07 Å². The molecular formula is C17H18F6N4O2. The van der Waals surface area contributed by atoms with E-state index in [1.165, 1.54) is 18.2 Å². The Balaban J connectivity index is 2.41. The molecular weight excluding hydrogens is 406 g/mol. The summed E-state index contributed by atoms with van der Waals surface area (Å²) in [7, 11) is 0. The maximum atomic E-state index is 13.2. The highest BCUT2D eigenvalue weighted by Crippen LogP contribution is 2.34. The Morgan fingerprint density at radius 1 is 1.07 bits per heavy atom. The molecule has 6 nitrogen and oxygen atoms in total. The summed E-state index contributed by atoms with van der Waals surface area (Å²) >= 11 is 0. The molecule has 29 heavy (non-hydrogen) atoms. The number of nitrogens with one attached hydrogen (secondary N) is 2. The van der Waals surface area contributed by atoms with Crippen LogP contribution in [0.2, 0.25) is 0 Å². The summed E-state index contributed by atoms with van der Waals surface area (Å²) in [6.45, 7) is 3.07. The van der Waals surface area contributed by atoms with E-state index in [-0.39, 0.29) is 18.2 Å². The number of halogens is 6. The number of aromatic nitrogens is 2. The van der Waals surface area contributed by atoms with Crippen LogP contribution in [-0.2, 0) is 6.18 Å². The van der Waals surface area contributed by atoms with Gasteiger partial charge in [0.2, 0.25) is 5.95 Å². The second-order valence-corrected chi connectivity index (χ2v) is 6.31. The highest BCUT2D eigenvalue weighted by atomic mass is 19.4. The molecule has 2 aromatic rings. The lowest BCUT2D eigenvalue weighted by Crippen LogP contribution is -2.30. The van der Waals surface area contributed by atoms with Crippen LogP contribution in [0.1, 0.15) is 19.5 Å². The molecule has 0 aliphatic heterocycles. The van der Waals surface area contributed by atoms with E-state index in [0.29, 0.717) is 6.07 Å². The van der Waals surface area contributed by atoms with Gasteiger partial charge in [-0.1, -0.05) is 26.0 Å². The van der Waals surface area contributed by atoms with Gasteiger partial charge in [0.15, 0.2) is 11.4 Å². The molecule has 0 unspecified atom stereocenters. The minimum absolute atomic E-state index is 0.157. The fourth-order valence-corrected chi connectivity index (χ4v) is 2.23. The van der Waals surface area contributed by atoms with E-state index >= 15 is 0 Å². The normalized spacial score (nSPS) is 13.3.